The van der Waals surface area contributed by atoms with Crippen LogP contribution in [0.3, 0.4) is 0 Å². The number of hydrogen-bond donors (Lipinski definition) is 1. The van der Waals surface area contributed by atoms with Crippen LogP contribution >= 0.6 is 22.9 Å². The molecule has 0 aliphatic rings. The first kappa shape index (κ1) is 16.0. The average molecular weight is 351 g/mol. The number of ether oxygens (including phenoxy) is 1. The molecule has 0 atom stereocenters. The van der Waals surface area contributed by atoms with Gasteiger partial charge < -0.3 is 4.74 Å². The summed E-state index contributed by atoms with van der Waals surface area (Å²) in [5, 5.41) is 0. The Hall–Kier alpha value is -1.38. The smallest absolute Gasteiger partial charge is 0.273 e. The Bertz CT molecular complexity index is 762. The van der Waals surface area contributed by atoms with Crippen molar-refractivity contribution in [3.63, 3.8) is 0 Å². The number of aromatic nitrogens is 1. The minimum atomic E-state index is -3.86. The minimum absolute atomic E-state index is 0.0132. The summed E-state index contributed by atoms with van der Waals surface area (Å²) in [6.45, 7) is 3.55. The van der Waals surface area contributed by atoms with E-state index < -0.39 is 15.8 Å². The maximum absolute atomic E-state index is 13.2. The Morgan fingerprint density at radius 1 is 1.48 bits per heavy atom. The van der Waals surface area contributed by atoms with Gasteiger partial charge >= 0.3 is 0 Å². The van der Waals surface area contributed by atoms with E-state index in [2.05, 4.69) is 9.71 Å². The average Bonchev–Trinajstić information content (AvgIpc) is 2.73. The van der Waals surface area contributed by atoms with Crippen molar-refractivity contribution in [2.45, 2.75) is 18.1 Å². The van der Waals surface area contributed by atoms with Crippen LogP contribution in [0.4, 0.5) is 10.1 Å². The zero-order chi connectivity index (χ0) is 15.6. The molecule has 0 aliphatic heterocycles. The van der Waals surface area contributed by atoms with Crippen LogP contribution in [0.5, 0.6) is 5.75 Å². The lowest BCUT2D eigenvalue weighted by atomic mass is 10.3. The Morgan fingerprint density at radius 2 is 2.19 bits per heavy atom. The molecule has 0 saturated heterocycles. The first-order chi connectivity index (χ1) is 9.83. The first-order valence-electron chi connectivity index (χ1n) is 5.91. The molecule has 1 aromatic carbocycles. The molecule has 0 aliphatic carbocycles. The summed E-state index contributed by atoms with van der Waals surface area (Å²) >= 11 is 6.57. The highest BCUT2D eigenvalue weighted by molar-refractivity contribution is 7.94. The summed E-state index contributed by atoms with van der Waals surface area (Å²) < 4.78 is 45.6. The van der Waals surface area contributed by atoms with Gasteiger partial charge in [0.05, 0.1) is 18.0 Å². The van der Waals surface area contributed by atoms with Gasteiger partial charge in [-0.1, -0.05) is 22.9 Å². The van der Waals surface area contributed by atoms with Crippen LogP contribution in [0.2, 0.25) is 4.47 Å². The van der Waals surface area contributed by atoms with Gasteiger partial charge in [0.15, 0.2) is 8.68 Å². The number of hydrogen-bond acceptors (Lipinski definition) is 5. The lowest BCUT2D eigenvalue weighted by molar-refractivity contribution is 0.340. The molecule has 1 N–H and O–H groups in total. The maximum Gasteiger partial charge on any atom is 0.273 e. The van der Waals surface area contributed by atoms with Crippen LogP contribution in [-0.4, -0.2) is 20.0 Å². The number of sulfonamides is 1. The number of rotatable bonds is 5. The third-order valence-corrected chi connectivity index (χ3v) is 5.70. The first-order valence-corrected chi connectivity index (χ1v) is 8.59. The second kappa shape index (κ2) is 6.17. The molecule has 0 unspecified atom stereocenters. The standard InChI is InChI=1S/C12H12ClFN2O3S2/c1-3-19-10-6-8(14)4-5-9(10)16-21(17,18)11-7(2)15-12(13)20-11/h4-6,16H,3H2,1-2H3. The van der Waals surface area contributed by atoms with Gasteiger partial charge in [0.2, 0.25) is 0 Å². The monoisotopic (exact) mass is 350 g/mol. The van der Waals surface area contributed by atoms with Crippen LogP contribution in [0.1, 0.15) is 12.6 Å². The van der Waals surface area contributed by atoms with E-state index >= 15 is 0 Å². The van der Waals surface area contributed by atoms with Gasteiger partial charge in [-0.05, 0) is 26.0 Å². The molecule has 21 heavy (non-hydrogen) atoms. The van der Waals surface area contributed by atoms with Crippen molar-refractivity contribution in [2.75, 3.05) is 11.3 Å². The van der Waals surface area contributed by atoms with Crippen molar-refractivity contribution in [1.82, 2.24) is 4.98 Å². The molecular weight excluding hydrogens is 339 g/mol. The van der Waals surface area contributed by atoms with Crippen LogP contribution in [0, 0.1) is 12.7 Å². The summed E-state index contributed by atoms with van der Waals surface area (Å²) in [6.07, 6.45) is 0. The van der Waals surface area contributed by atoms with Gasteiger partial charge in [0.25, 0.3) is 10.0 Å². The van der Waals surface area contributed by atoms with E-state index in [0.29, 0.717) is 5.69 Å². The zero-order valence-electron chi connectivity index (χ0n) is 11.2. The minimum Gasteiger partial charge on any atom is -0.492 e. The molecular formula is C12H12ClFN2O3S2. The quantitative estimate of drug-likeness (QED) is 0.896. The molecule has 9 heteroatoms. The summed E-state index contributed by atoms with van der Waals surface area (Å²) in [5.41, 5.74) is 0.458. The Kier molecular flexibility index (Phi) is 4.70. The molecule has 1 heterocycles. The topological polar surface area (TPSA) is 68.3 Å². The Morgan fingerprint density at radius 3 is 2.76 bits per heavy atom. The molecule has 1 aromatic heterocycles. The second-order valence-corrected chi connectivity index (χ2v) is 7.48. The van der Waals surface area contributed by atoms with E-state index in [1.165, 1.54) is 6.07 Å². The van der Waals surface area contributed by atoms with Crippen molar-refractivity contribution in [1.29, 1.82) is 0 Å². The van der Waals surface area contributed by atoms with Crippen LogP contribution in [0.15, 0.2) is 22.4 Å². The predicted molar refractivity (Wildman–Crippen MR) is 80.2 cm³/mol. The van der Waals surface area contributed by atoms with E-state index in [4.69, 9.17) is 16.3 Å². The van der Waals surface area contributed by atoms with E-state index in [9.17, 15) is 12.8 Å². The summed E-state index contributed by atoms with van der Waals surface area (Å²) in [5.74, 6) is -0.396. The third-order valence-electron chi connectivity index (χ3n) is 2.46. The Labute approximate surface area is 130 Å². The maximum atomic E-state index is 13.2. The van der Waals surface area contributed by atoms with Crippen molar-refractivity contribution in [2.24, 2.45) is 0 Å². The number of nitrogens with zero attached hydrogens (tertiary/aromatic N) is 1. The molecule has 0 spiro atoms. The molecule has 0 radical (unpaired) electrons. The molecule has 0 amide bonds. The number of nitrogens with one attached hydrogen (secondary N) is 1. The summed E-state index contributed by atoms with van der Waals surface area (Å²) in [4.78, 5) is 3.87. The van der Waals surface area contributed by atoms with Crippen LogP contribution in [0.25, 0.3) is 0 Å². The summed E-state index contributed by atoms with van der Waals surface area (Å²) in [6, 6.07) is 3.57. The highest BCUT2D eigenvalue weighted by Gasteiger charge is 2.23. The molecule has 0 saturated carbocycles. The number of aryl methyl sites for hydroxylation is 1. The largest absolute Gasteiger partial charge is 0.492 e. The van der Waals surface area contributed by atoms with Crippen molar-refractivity contribution >= 4 is 38.6 Å². The van der Waals surface area contributed by atoms with Gasteiger partial charge in [0.1, 0.15) is 11.6 Å². The SMILES string of the molecule is CCOc1cc(F)ccc1NS(=O)(=O)c1sc(Cl)nc1C. The fourth-order valence-electron chi connectivity index (χ4n) is 1.65. The van der Waals surface area contributed by atoms with E-state index in [1.54, 1.807) is 13.8 Å². The number of thiazole rings is 1. The van der Waals surface area contributed by atoms with Crippen molar-refractivity contribution < 1.29 is 17.5 Å². The lowest BCUT2D eigenvalue weighted by Gasteiger charge is -2.12. The number of halogens is 2. The third kappa shape index (κ3) is 3.63. The van der Waals surface area contributed by atoms with Gasteiger partial charge in [-0.2, -0.15) is 0 Å². The second-order valence-electron chi connectivity index (χ2n) is 4.02. The van der Waals surface area contributed by atoms with E-state index in [-0.39, 0.29) is 26.7 Å². The molecule has 114 valence electrons. The zero-order valence-corrected chi connectivity index (χ0v) is 13.6. The molecule has 2 rings (SSSR count). The molecule has 2 aromatic rings. The summed E-state index contributed by atoms with van der Waals surface area (Å²) in [7, 11) is -3.86. The molecule has 5 nitrogen and oxygen atoms in total. The lowest BCUT2D eigenvalue weighted by Crippen LogP contribution is -2.13. The predicted octanol–water partition coefficient (Wildman–Crippen LogP) is 3.44. The number of benzene rings is 1. The van der Waals surface area contributed by atoms with E-state index in [1.807, 2.05) is 0 Å². The normalized spacial score (nSPS) is 11.4. The molecule has 0 fully saturated rings. The Balaban J connectivity index is 2.39. The van der Waals surface area contributed by atoms with E-state index in [0.717, 1.165) is 23.5 Å². The van der Waals surface area contributed by atoms with Crippen molar-refractivity contribution in [3.05, 3.63) is 34.2 Å². The van der Waals surface area contributed by atoms with Crippen LogP contribution in [-0.2, 0) is 10.0 Å². The molecule has 0 bridgehead atoms. The highest BCUT2D eigenvalue weighted by atomic mass is 35.5. The van der Waals surface area contributed by atoms with Gasteiger partial charge in [0, 0.05) is 6.07 Å². The fourth-order valence-corrected chi connectivity index (χ4v) is 4.46. The number of anilines is 1. The highest BCUT2D eigenvalue weighted by Crippen LogP contribution is 2.32. The fraction of sp³-hybridized carbons (Fsp3) is 0.250. The van der Waals surface area contributed by atoms with Gasteiger partial charge in [-0.3, -0.25) is 4.72 Å². The van der Waals surface area contributed by atoms with Gasteiger partial charge in [-0.25, -0.2) is 17.8 Å². The van der Waals surface area contributed by atoms with Gasteiger partial charge in [-0.15, -0.1) is 0 Å². The van der Waals surface area contributed by atoms with Crippen LogP contribution < -0.4 is 9.46 Å². The van der Waals surface area contributed by atoms with Crippen molar-refractivity contribution in [3.8, 4) is 5.75 Å².